The molecule has 2 nitrogen and oxygen atoms in total. The zero-order chi connectivity index (χ0) is 12.1. The summed E-state index contributed by atoms with van der Waals surface area (Å²) in [6, 6.07) is 0. The molecule has 0 radical (unpaired) electrons. The zero-order valence-corrected chi connectivity index (χ0v) is 11.2. The van der Waals surface area contributed by atoms with Gasteiger partial charge in [-0.2, -0.15) is 0 Å². The fourth-order valence-electron chi connectivity index (χ4n) is 1.77. The highest BCUT2D eigenvalue weighted by Gasteiger charge is 2.03. The SMILES string of the molecule is CCCCCCCCC(O)CCOCCC. The third-order valence-corrected chi connectivity index (χ3v) is 2.83. The lowest BCUT2D eigenvalue weighted by Crippen LogP contribution is -2.10. The highest BCUT2D eigenvalue weighted by molar-refractivity contribution is 4.56. The molecule has 0 aromatic heterocycles. The molecular formula is C14H30O2. The minimum Gasteiger partial charge on any atom is -0.393 e. The van der Waals surface area contributed by atoms with Crippen LogP contribution < -0.4 is 0 Å². The predicted molar refractivity (Wildman–Crippen MR) is 69.7 cm³/mol. The van der Waals surface area contributed by atoms with Crippen molar-refractivity contribution in [2.24, 2.45) is 0 Å². The Bertz CT molecular complexity index is 126. The van der Waals surface area contributed by atoms with Crippen molar-refractivity contribution in [2.75, 3.05) is 13.2 Å². The molecule has 0 saturated carbocycles. The number of aliphatic hydroxyl groups is 1. The van der Waals surface area contributed by atoms with Crippen molar-refractivity contribution >= 4 is 0 Å². The van der Waals surface area contributed by atoms with E-state index in [4.69, 9.17) is 4.74 Å². The van der Waals surface area contributed by atoms with Crippen LogP contribution in [0.5, 0.6) is 0 Å². The van der Waals surface area contributed by atoms with Crippen LogP contribution in [0.1, 0.15) is 71.6 Å². The Balaban J connectivity index is 3.08. The van der Waals surface area contributed by atoms with Crippen LogP contribution in [0.25, 0.3) is 0 Å². The highest BCUT2D eigenvalue weighted by Crippen LogP contribution is 2.10. The predicted octanol–water partition coefficient (Wildman–Crippen LogP) is 3.91. The molecule has 0 amide bonds. The van der Waals surface area contributed by atoms with E-state index in [9.17, 15) is 5.11 Å². The minimum atomic E-state index is -0.150. The molecular weight excluding hydrogens is 200 g/mol. The first-order chi connectivity index (χ1) is 7.81. The fourth-order valence-corrected chi connectivity index (χ4v) is 1.77. The van der Waals surface area contributed by atoms with Gasteiger partial charge in [-0.25, -0.2) is 0 Å². The average molecular weight is 230 g/mol. The highest BCUT2D eigenvalue weighted by atomic mass is 16.5. The first-order valence-corrected chi connectivity index (χ1v) is 7.07. The Hall–Kier alpha value is -0.0800. The van der Waals surface area contributed by atoms with E-state index in [0.717, 1.165) is 25.9 Å². The van der Waals surface area contributed by atoms with Gasteiger partial charge in [-0.05, 0) is 19.3 Å². The molecule has 0 heterocycles. The van der Waals surface area contributed by atoms with Crippen molar-refractivity contribution in [1.82, 2.24) is 0 Å². The summed E-state index contributed by atoms with van der Waals surface area (Å²) in [4.78, 5) is 0. The first-order valence-electron chi connectivity index (χ1n) is 7.07. The van der Waals surface area contributed by atoms with E-state index < -0.39 is 0 Å². The van der Waals surface area contributed by atoms with Gasteiger partial charge < -0.3 is 9.84 Å². The molecule has 1 N–H and O–H groups in total. The molecule has 0 aliphatic rings. The van der Waals surface area contributed by atoms with E-state index in [-0.39, 0.29) is 6.10 Å². The van der Waals surface area contributed by atoms with Crippen molar-refractivity contribution in [3.63, 3.8) is 0 Å². The van der Waals surface area contributed by atoms with Crippen molar-refractivity contribution in [3.05, 3.63) is 0 Å². The summed E-state index contributed by atoms with van der Waals surface area (Å²) in [6.07, 6.45) is 10.4. The van der Waals surface area contributed by atoms with Gasteiger partial charge >= 0.3 is 0 Å². The number of hydrogen-bond acceptors (Lipinski definition) is 2. The maximum absolute atomic E-state index is 9.67. The molecule has 0 aromatic rings. The van der Waals surface area contributed by atoms with Gasteiger partial charge in [0.15, 0.2) is 0 Å². The van der Waals surface area contributed by atoms with Gasteiger partial charge in [0.25, 0.3) is 0 Å². The smallest absolute Gasteiger partial charge is 0.0562 e. The lowest BCUT2D eigenvalue weighted by atomic mass is 10.1. The van der Waals surface area contributed by atoms with E-state index in [1.165, 1.54) is 38.5 Å². The lowest BCUT2D eigenvalue weighted by Gasteiger charge is -2.10. The summed E-state index contributed by atoms with van der Waals surface area (Å²) in [5, 5.41) is 9.67. The molecule has 16 heavy (non-hydrogen) atoms. The molecule has 0 aromatic carbocycles. The first kappa shape index (κ1) is 15.9. The number of aliphatic hydroxyl groups excluding tert-OH is 1. The molecule has 0 aliphatic carbocycles. The number of ether oxygens (including phenoxy) is 1. The van der Waals surface area contributed by atoms with Crippen molar-refractivity contribution in [1.29, 1.82) is 0 Å². The van der Waals surface area contributed by atoms with Crippen LogP contribution in [0.15, 0.2) is 0 Å². The van der Waals surface area contributed by atoms with Crippen molar-refractivity contribution in [3.8, 4) is 0 Å². The quantitative estimate of drug-likeness (QED) is 0.515. The van der Waals surface area contributed by atoms with Crippen LogP contribution >= 0.6 is 0 Å². The number of hydrogen-bond donors (Lipinski definition) is 1. The Labute approximate surface area is 101 Å². The minimum absolute atomic E-state index is 0.150. The fraction of sp³-hybridized carbons (Fsp3) is 1.00. The second-order valence-corrected chi connectivity index (χ2v) is 4.61. The van der Waals surface area contributed by atoms with Gasteiger partial charge in [-0.1, -0.05) is 52.4 Å². The molecule has 1 atom stereocenters. The molecule has 0 spiro atoms. The molecule has 1 unspecified atom stereocenters. The zero-order valence-electron chi connectivity index (χ0n) is 11.2. The standard InChI is InChI=1S/C14H30O2/c1-3-5-6-7-8-9-10-14(15)11-13-16-12-4-2/h14-15H,3-13H2,1-2H3. The van der Waals surface area contributed by atoms with E-state index in [0.29, 0.717) is 6.61 Å². The van der Waals surface area contributed by atoms with Gasteiger partial charge in [-0.15, -0.1) is 0 Å². The van der Waals surface area contributed by atoms with Crippen LogP contribution in [-0.2, 0) is 4.74 Å². The lowest BCUT2D eigenvalue weighted by molar-refractivity contribution is 0.0771. The van der Waals surface area contributed by atoms with Crippen LogP contribution in [0.2, 0.25) is 0 Å². The van der Waals surface area contributed by atoms with E-state index >= 15 is 0 Å². The van der Waals surface area contributed by atoms with E-state index in [1.807, 2.05) is 0 Å². The molecule has 0 aliphatic heterocycles. The Morgan fingerprint density at radius 3 is 2.19 bits per heavy atom. The number of unbranched alkanes of at least 4 members (excludes halogenated alkanes) is 5. The van der Waals surface area contributed by atoms with Crippen molar-refractivity contribution in [2.45, 2.75) is 77.7 Å². The normalized spacial score (nSPS) is 12.9. The summed E-state index contributed by atoms with van der Waals surface area (Å²) in [5.74, 6) is 0. The second kappa shape index (κ2) is 13.0. The maximum atomic E-state index is 9.67. The Morgan fingerprint density at radius 2 is 1.50 bits per heavy atom. The third-order valence-electron chi connectivity index (χ3n) is 2.83. The van der Waals surface area contributed by atoms with E-state index in [2.05, 4.69) is 13.8 Å². The Morgan fingerprint density at radius 1 is 0.812 bits per heavy atom. The summed E-state index contributed by atoms with van der Waals surface area (Å²) in [6.45, 7) is 5.88. The van der Waals surface area contributed by atoms with Gasteiger partial charge in [0.1, 0.15) is 0 Å². The van der Waals surface area contributed by atoms with Gasteiger partial charge in [-0.3, -0.25) is 0 Å². The molecule has 0 fully saturated rings. The summed E-state index contributed by atoms with van der Waals surface area (Å²) < 4.78 is 5.35. The van der Waals surface area contributed by atoms with Crippen LogP contribution in [-0.4, -0.2) is 24.4 Å². The largest absolute Gasteiger partial charge is 0.393 e. The van der Waals surface area contributed by atoms with Crippen LogP contribution in [0, 0.1) is 0 Å². The van der Waals surface area contributed by atoms with Crippen LogP contribution in [0.3, 0.4) is 0 Å². The third kappa shape index (κ3) is 12.0. The topological polar surface area (TPSA) is 29.5 Å². The monoisotopic (exact) mass is 230 g/mol. The number of rotatable bonds is 12. The Kier molecular flexibility index (Phi) is 12.9. The van der Waals surface area contributed by atoms with E-state index in [1.54, 1.807) is 0 Å². The van der Waals surface area contributed by atoms with Gasteiger partial charge in [0.2, 0.25) is 0 Å². The molecule has 98 valence electrons. The summed E-state index contributed by atoms with van der Waals surface area (Å²) in [5.41, 5.74) is 0. The molecule has 2 heteroatoms. The van der Waals surface area contributed by atoms with Crippen molar-refractivity contribution < 1.29 is 9.84 Å². The summed E-state index contributed by atoms with van der Waals surface area (Å²) >= 11 is 0. The second-order valence-electron chi connectivity index (χ2n) is 4.61. The molecule has 0 rings (SSSR count). The van der Waals surface area contributed by atoms with Crippen LogP contribution in [0.4, 0.5) is 0 Å². The average Bonchev–Trinajstić information content (AvgIpc) is 2.29. The maximum Gasteiger partial charge on any atom is 0.0562 e. The molecule has 0 saturated heterocycles. The van der Waals surface area contributed by atoms with Gasteiger partial charge in [0.05, 0.1) is 6.10 Å². The van der Waals surface area contributed by atoms with Gasteiger partial charge in [0, 0.05) is 13.2 Å². The molecule has 0 bridgehead atoms. The summed E-state index contributed by atoms with van der Waals surface area (Å²) in [7, 11) is 0.